The molecule has 3 aliphatic rings. The van der Waals surface area contributed by atoms with Crippen molar-refractivity contribution in [3.05, 3.63) is 41.7 Å². The molecule has 0 spiro atoms. The summed E-state index contributed by atoms with van der Waals surface area (Å²) in [5.74, 6) is 2.22. The largest absolute Gasteiger partial charge is 0.454 e. The zero-order valence-electron chi connectivity index (χ0n) is 15.6. The van der Waals surface area contributed by atoms with Gasteiger partial charge >= 0.3 is 0 Å². The van der Waals surface area contributed by atoms with E-state index in [0.29, 0.717) is 37.4 Å². The number of carbonyl (C=O) groups excluding carboxylic acids is 1. The molecule has 0 bridgehead atoms. The second-order valence-electron chi connectivity index (χ2n) is 7.47. The van der Waals surface area contributed by atoms with Crippen LogP contribution in [0.3, 0.4) is 0 Å². The first-order valence-electron chi connectivity index (χ1n) is 9.73. The first-order valence-corrected chi connectivity index (χ1v) is 9.73. The van der Waals surface area contributed by atoms with E-state index in [1.54, 1.807) is 12.4 Å². The van der Waals surface area contributed by atoms with Gasteiger partial charge in [0.05, 0.1) is 5.56 Å². The van der Waals surface area contributed by atoms with E-state index in [1.165, 1.54) is 18.4 Å². The Bertz CT molecular complexity index is 861. The number of nitrogens with zero attached hydrogens (tertiary/aromatic N) is 4. The fraction of sp³-hybridized carbons (Fsp3) is 0.450. The van der Waals surface area contributed by atoms with Gasteiger partial charge in [-0.2, -0.15) is 0 Å². The van der Waals surface area contributed by atoms with Crippen LogP contribution in [0.4, 0.5) is 5.95 Å². The van der Waals surface area contributed by atoms with Gasteiger partial charge in [-0.25, -0.2) is 9.97 Å². The minimum Gasteiger partial charge on any atom is -0.454 e. The minimum absolute atomic E-state index is 0.000650. The van der Waals surface area contributed by atoms with Crippen molar-refractivity contribution in [1.29, 1.82) is 0 Å². The highest BCUT2D eigenvalue weighted by molar-refractivity contribution is 5.93. The van der Waals surface area contributed by atoms with E-state index in [-0.39, 0.29) is 5.91 Å². The van der Waals surface area contributed by atoms with Gasteiger partial charge in [0, 0.05) is 51.2 Å². The molecule has 2 aliphatic heterocycles. The fourth-order valence-electron chi connectivity index (χ4n) is 3.51. The summed E-state index contributed by atoms with van der Waals surface area (Å²) in [6.07, 6.45) is 5.58. The van der Waals surface area contributed by atoms with Crippen molar-refractivity contribution in [1.82, 2.24) is 19.8 Å². The van der Waals surface area contributed by atoms with Crippen LogP contribution >= 0.6 is 0 Å². The maximum Gasteiger partial charge on any atom is 0.257 e. The van der Waals surface area contributed by atoms with Crippen molar-refractivity contribution < 1.29 is 14.3 Å². The number of aromatic nitrogens is 2. The van der Waals surface area contributed by atoms with Crippen molar-refractivity contribution >= 4 is 11.9 Å². The molecule has 1 aromatic heterocycles. The van der Waals surface area contributed by atoms with Crippen molar-refractivity contribution in [3.63, 3.8) is 0 Å². The van der Waals surface area contributed by atoms with Gasteiger partial charge in [0.25, 0.3) is 5.91 Å². The molecule has 2 aromatic rings. The molecule has 8 nitrogen and oxygen atoms in total. The number of hydrogen-bond donors (Lipinski definition) is 1. The summed E-state index contributed by atoms with van der Waals surface area (Å²) in [5, 5.41) is 3.24. The lowest BCUT2D eigenvalue weighted by atomic mass is 10.1. The van der Waals surface area contributed by atoms with Gasteiger partial charge in [-0.05, 0) is 30.5 Å². The van der Waals surface area contributed by atoms with Gasteiger partial charge in [0.2, 0.25) is 12.7 Å². The summed E-state index contributed by atoms with van der Waals surface area (Å²) in [4.78, 5) is 25.5. The van der Waals surface area contributed by atoms with Gasteiger partial charge in [-0.1, -0.05) is 6.07 Å². The summed E-state index contributed by atoms with van der Waals surface area (Å²) < 4.78 is 10.8. The van der Waals surface area contributed by atoms with Crippen LogP contribution < -0.4 is 14.8 Å². The Morgan fingerprint density at radius 2 is 1.82 bits per heavy atom. The number of piperazine rings is 1. The van der Waals surface area contributed by atoms with E-state index >= 15 is 0 Å². The Balaban J connectivity index is 1.14. The van der Waals surface area contributed by atoms with E-state index in [2.05, 4.69) is 26.3 Å². The molecule has 1 aromatic carbocycles. The summed E-state index contributed by atoms with van der Waals surface area (Å²) in [6.45, 7) is 4.20. The maximum absolute atomic E-state index is 12.7. The normalized spacial score (nSPS) is 18.9. The Hall–Kier alpha value is -2.87. The average molecular weight is 381 g/mol. The number of benzene rings is 1. The molecule has 0 radical (unpaired) electrons. The molecule has 1 aliphatic carbocycles. The topological polar surface area (TPSA) is 79.8 Å². The Labute approximate surface area is 163 Å². The highest BCUT2D eigenvalue weighted by Crippen LogP contribution is 2.32. The second-order valence-corrected chi connectivity index (χ2v) is 7.47. The van der Waals surface area contributed by atoms with E-state index in [1.807, 2.05) is 17.0 Å². The van der Waals surface area contributed by atoms with Crippen LogP contribution in [0.25, 0.3) is 0 Å². The van der Waals surface area contributed by atoms with Gasteiger partial charge in [0.15, 0.2) is 11.5 Å². The number of rotatable bonds is 5. The lowest BCUT2D eigenvalue weighted by Crippen LogP contribution is -2.48. The highest BCUT2D eigenvalue weighted by Gasteiger charge is 2.24. The van der Waals surface area contributed by atoms with Crippen LogP contribution in [0, 0.1) is 0 Å². The van der Waals surface area contributed by atoms with Crippen LogP contribution in [-0.2, 0) is 6.54 Å². The molecule has 1 saturated carbocycles. The van der Waals surface area contributed by atoms with Crippen LogP contribution in [0.5, 0.6) is 11.5 Å². The fourth-order valence-corrected chi connectivity index (χ4v) is 3.51. The third kappa shape index (κ3) is 3.73. The average Bonchev–Trinajstić information content (AvgIpc) is 3.42. The highest BCUT2D eigenvalue weighted by atomic mass is 16.7. The molecule has 8 heteroatoms. The molecule has 0 unspecified atom stereocenters. The number of ether oxygens (including phenoxy) is 2. The van der Waals surface area contributed by atoms with Crippen LogP contribution in [-0.4, -0.2) is 64.7 Å². The standard InChI is InChI=1S/C20H23N5O3/c26-19(15-10-21-20(22-11-15)23-16-2-3-16)25-7-5-24(6-8-25)12-14-1-4-17-18(9-14)28-13-27-17/h1,4,9-11,16H,2-3,5-8,12-13H2,(H,21,22,23). The Morgan fingerprint density at radius 1 is 1.07 bits per heavy atom. The number of nitrogens with one attached hydrogen (secondary N) is 1. The van der Waals surface area contributed by atoms with Gasteiger partial charge in [0.1, 0.15) is 0 Å². The monoisotopic (exact) mass is 381 g/mol. The number of fused-ring (bicyclic) bond motifs is 1. The number of hydrogen-bond acceptors (Lipinski definition) is 7. The molecular weight excluding hydrogens is 358 g/mol. The van der Waals surface area contributed by atoms with Gasteiger partial charge in [-0.3, -0.25) is 9.69 Å². The van der Waals surface area contributed by atoms with Crippen molar-refractivity contribution in [2.45, 2.75) is 25.4 Å². The second kappa shape index (κ2) is 7.27. The molecule has 2 fully saturated rings. The van der Waals surface area contributed by atoms with Crippen LogP contribution in [0.2, 0.25) is 0 Å². The van der Waals surface area contributed by atoms with Gasteiger partial charge in [-0.15, -0.1) is 0 Å². The number of amides is 1. The molecule has 5 rings (SSSR count). The predicted octanol–water partition coefficient (Wildman–Crippen LogP) is 1.74. The zero-order chi connectivity index (χ0) is 18.9. The van der Waals surface area contributed by atoms with Crippen LogP contribution in [0.15, 0.2) is 30.6 Å². The Kier molecular flexibility index (Phi) is 4.48. The van der Waals surface area contributed by atoms with E-state index in [9.17, 15) is 4.79 Å². The summed E-state index contributed by atoms with van der Waals surface area (Å²) in [6, 6.07) is 6.56. The smallest absolute Gasteiger partial charge is 0.257 e. The Morgan fingerprint density at radius 3 is 2.57 bits per heavy atom. The van der Waals surface area contributed by atoms with Gasteiger partial charge < -0.3 is 19.7 Å². The molecular formula is C20H23N5O3. The van der Waals surface area contributed by atoms with Crippen molar-refractivity contribution in [2.75, 3.05) is 38.3 Å². The van der Waals surface area contributed by atoms with E-state index < -0.39 is 0 Å². The first-order chi connectivity index (χ1) is 13.7. The third-order valence-electron chi connectivity index (χ3n) is 5.31. The number of carbonyl (C=O) groups is 1. The summed E-state index contributed by atoms with van der Waals surface area (Å²) >= 11 is 0. The van der Waals surface area contributed by atoms with E-state index in [4.69, 9.17) is 9.47 Å². The SMILES string of the molecule is O=C(c1cnc(NC2CC2)nc1)N1CCN(Cc2ccc3c(c2)OCO3)CC1. The molecule has 3 heterocycles. The first kappa shape index (κ1) is 17.2. The van der Waals surface area contributed by atoms with E-state index in [0.717, 1.165) is 31.1 Å². The lowest BCUT2D eigenvalue weighted by Gasteiger charge is -2.34. The lowest BCUT2D eigenvalue weighted by molar-refractivity contribution is 0.0627. The van der Waals surface area contributed by atoms with Crippen molar-refractivity contribution in [3.8, 4) is 11.5 Å². The third-order valence-corrected chi connectivity index (χ3v) is 5.31. The molecule has 1 N–H and O–H groups in total. The summed E-state index contributed by atoms with van der Waals surface area (Å²) in [5.41, 5.74) is 1.74. The zero-order valence-corrected chi connectivity index (χ0v) is 15.6. The predicted molar refractivity (Wildman–Crippen MR) is 102 cm³/mol. The van der Waals surface area contributed by atoms with Crippen molar-refractivity contribution in [2.24, 2.45) is 0 Å². The quantitative estimate of drug-likeness (QED) is 0.845. The van der Waals surface area contributed by atoms with Crippen LogP contribution in [0.1, 0.15) is 28.8 Å². The molecule has 146 valence electrons. The number of anilines is 1. The molecule has 0 atom stereocenters. The maximum atomic E-state index is 12.7. The molecule has 1 amide bonds. The molecule has 28 heavy (non-hydrogen) atoms. The minimum atomic E-state index is 0.000650. The molecule has 1 saturated heterocycles. The summed E-state index contributed by atoms with van der Waals surface area (Å²) in [7, 11) is 0.